The van der Waals surface area contributed by atoms with Gasteiger partial charge in [0.15, 0.2) is 0 Å². The SMILES string of the molecule is O=C(Nc1cccc(S(=O)(=O)Nc2ccc(Br)cc2)c1)OCc1ccccc1. The Kier molecular flexibility index (Phi) is 6.33. The van der Waals surface area contributed by atoms with Crippen molar-refractivity contribution in [3.05, 3.63) is 88.9 Å². The third-order valence-corrected chi connectivity index (χ3v) is 5.61. The molecule has 0 atom stereocenters. The molecule has 3 aromatic carbocycles. The van der Waals surface area contributed by atoms with Gasteiger partial charge in [0.05, 0.1) is 4.90 Å². The number of rotatable bonds is 6. The number of nitrogens with one attached hydrogen (secondary N) is 2. The van der Waals surface area contributed by atoms with Crippen molar-refractivity contribution in [2.24, 2.45) is 0 Å². The summed E-state index contributed by atoms with van der Waals surface area (Å²) in [5.74, 6) is 0. The Morgan fingerprint density at radius 2 is 1.61 bits per heavy atom. The molecule has 0 aliphatic heterocycles. The van der Waals surface area contributed by atoms with Gasteiger partial charge in [-0.15, -0.1) is 0 Å². The number of carbonyl (C=O) groups is 1. The average Bonchev–Trinajstić information content (AvgIpc) is 2.69. The van der Waals surface area contributed by atoms with E-state index in [4.69, 9.17) is 4.74 Å². The van der Waals surface area contributed by atoms with Gasteiger partial charge in [-0.25, -0.2) is 13.2 Å². The Morgan fingerprint density at radius 3 is 2.32 bits per heavy atom. The van der Waals surface area contributed by atoms with Gasteiger partial charge in [0.25, 0.3) is 10.0 Å². The Labute approximate surface area is 171 Å². The molecule has 3 rings (SSSR count). The second-order valence-electron chi connectivity index (χ2n) is 5.83. The lowest BCUT2D eigenvalue weighted by Gasteiger charge is -2.11. The summed E-state index contributed by atoms with van der Waals surface area (Å²) >= 11 is 3.30. The molecule has 3 aromatic rings. The number of halogens is 1. The fourth-order valence-corrected chi connectivity index (χ4v) is 3.72. The first-order valence-corrected chi connectivity index (χ1v) is 10.6. The highest BCUT2D eigenvalue weighted by Crippen LogP contribution is 2.21. The quantitative estimate of drug-likeness (QED) is 0.541. The lowest BCUT2D eigenvalue weighted by atomic mass is 10.2. The highest BCUT2D eigenvalue weighted by atomic mass is 79.9. The van der Waals surface area contributed by atoms with Crippen LogP contribution in [0, 0.1) is 0 Å². The van der Waals surface area contributed by atoms with Gasteiger partial charge in [-0.05, 0) is 48.0 Å². The summed E-state index contributed by atoms with van der Waals surface area (Å²) in [5.41, 5.74) is 1.60. The second-order valence-corrected chi connectivity index (χ2v) is 8.43. The molecule has 8 heteroatoms. The molecule has 28 heavy (non-hydrogen) atoms. The molecule has 0 radical (unpaired) electrons. The molecule has 0 unspecified atom stereocenters. The van der Waals surface area contributed by atoms with E-state index < -0.39 is 16.1 Å². The van der Waals surface area contributed by atoms with Crippen molar-refractivity contribution in [1.29, 1.82) is 0 Å². The molecular formula is C20H17BrN2O4S. The van der Waals surface area contributed by atoms with Crippen LogP contribution in [0.5, 0.6) is 0 Å². The molecule has 6 nitrogen and oxygen atoms in total. The molecule has 0 bridgehead atoms. The zero-order valence-electron chi connectivity index (χ0n) is 14.6. The third-order valence-electron chi connectivity index (χ3n) is 3.70. The molecule has 0 aromatic heterocycles. The van der Waals surface area contributed by atoms with Crippen LogP contribution in [0.2, 0.25) is 0 Å². The summed E-state index contributed by atoms with van der Waals surface area (Å²) < 4.78 is 33.6. The molecule has 0 spiro atoms. The highest BCUT2D eigenvalue weighted by Gasteiger charge is 2.15. The maximum Gasteiger partial charge on any atom is 0.411 e. The van der Waals surface area contributed by atoms with E-state index in [1.807, 2.05) is 30.3 Å². The summed E-state index contributed by atoms with van der Waals surface area (Å²) in [7, 11) is -3.80. The third kappa shape index (κ3) is 5.58. The molecule has 0 aliphatic carbocycles. The van der Waals surface area contributed by atoms with Gasteiger partial charge in [0, 0.05) is 15.8 Å². The largest absolute Gasteiger partial charge is 0.444 e. The number of hydrogen-bond acceptors (Lipinski definition) is 4. The predicted molar refractivity (Wildman–Crippen MR) is 112 cm³/mol. The van der Waals surface area contributed by atoms with Crippen LogP contribution in [-0.2, 0) is 21.4 Å². The van der Waals surface area contributed by atoms with E-state index in [0.717, 1.165) is 10.0 Å². The smallest absolute Gasteiger partial charge is 0.411 e. The Morgan fingerprint density at radius 1 is 0.893 bits per heavy atom. The van der Waals surface area contributed by atoms with Crippen LogP contribution >= 0.6 is 15.9 Å². The number of ether oxygens (including phenoxy) is 1. The zero-order chi connectivity index (χ0) is 20.0. The number of anilines is 2. The maximum atomic E-state index is 12.6. The average molecular weight is 461 g/mol. The molecule has 0 fully saturated rings. The normalized spacial score (nSPS) is 10.9. The van der Waals surface area contributed by atoms with Crippen LogP contribution in [0.1, 0.15) is 5.56 Å². The van der Waals surface area contributed by atoms with E-state index >= 15 is 0 Å². The predicted octanol–water partition coefficient (Wildman–Crippen LogP) is 5.00. The Balaban J connectivity index is 1.65. The summed E-state index contributed by atoms with van der Waals surface area (Å²) in [6.07, 6.45) is -0.667. The number of benzene rings is 3. The van der Waals surface area contributed by atoms with Crippen LogP contribution in [-0.4, -0.2) is 14.5 Å². The standard InChI is InChI=1S/C20H17BrN2O4S/c21-16-9-11-17(12-10-16)23-28(25,26)19-8-4-7-18(13-19)22-20(24)27-14-15-5-2-1-3-6-15/h1-13,23H,14H2,(H,22,24). The number of carbonyl (C=O) groups excluding carboxylic acids is 1. The van der Waals surface area contributed by atoms with Gasteiger partial charge >= 0.3 is 6.09 Å². The molecule has 0 saturated carbocycles. The number of amides is 1. The minimum Gasteiger partial charge on any atom is -0.444 e. The topological polar surface area (TPSA) is 84.5 Å². The fraction of sp³-hybridized carbons (Fsp3) is 0.0500. The molecule has 2 N–H and O–H groups in total. The van der Waals surface area contributed by atoms with Crippen LogP contribution in [0.3, 0.4) is 0 Å². The summed E-state index contributed by atoms with van der Waals surface area (Å²) in [6.45, 7) is 0.121. The number of sulfonamides is 1. The van der Waals surface area contributed by atoms with Crippen molar-refractivity contribution in [3.63, 3.8) is 0 Å². The molecular weight excluding hydrogens is 444 g/mol. The van der Waals surface area contributed by atoms with E-state index in [0.29, 0.717) is 11.4 Å². The van der Waals surface area contributed by atoms with E-state index in [1.54, 1.807) is 36.4 Å². The van der Waals surface area contributed by atoms with Crippen molar-refractivity contribution in [1.82, 2.24) is 0 Å². The lowest BCUT2D eigenvalue weighted by Crippen LogP contribution is -2.15. The van der Waals surface area contributed by atoms with Gasteiger partial charge in [0.2, 0.25) is 0 Å². The summed E-state index contributed by atoms with van der Waals surface area (Å²) in [6, 6.07) is 22.0. The van der Waals surface area contributed by atoms with Crippen molar-refractivity contribution in [2.45, 2.75) is 11.5 Å². The van der Waals surface area contributed by atoms with E-state index in [1.165, 1.54) is 12.1 Å². The van der Waals surface area contributed by atoms with Gasteiger partial charge in [-0.2, -0.15) is 0 Å². The minimum atomic E-state index is -3.80. The number of hydrogen-bond donors (Lipinski definition) is 2. The lowest BCUT2D eigenvalue weighted by molar-refractivity contribution is 0.155. The van der Waals surface area contributed by atoms with Crippen LogP contribution < -0.4 is 10.0 Å². The van der Waals surface area contributed by atoms with Gasteiger partial charge in [-0.3, -0.25) is 10.0 Å². The fourth-order valence-electron chi connectivity index (χ4n) is 2.35. The maximum absolute atomic E-state index is 12.6. The van der Waals surface area contributed by atoms with Crippen LogP contribution in [0.4, 0.5) is 16.2 Å². The van der Waals surface area contributed by atoms with Crippen LogP contribution in [0.25, 0.3) is 0 Å². The van der Waals surface area contributed by atoms with E-state index in [9.17, 15) is 13.2 Å². The van der Waals surface area contributed by atoms with Crippen molar-refractivity contribution >= 4 is 43.4 Å². The van der Waals surface area contributed by atoms with Gasteiger partial charge < -0.3 is 4.74 Å². The first kappa shape index (κ1) is 19.9. The van der Waals surface area contributed by atoms with Crippen molar-refractivity contribution in [3.8, 4) is 0 Å². The molecule has 1 amide bonds. The van der Waals surface area contributed by atoms with Gasteiger partial charge in [-0.1, -0.05) is 52.3 Å². The minimum absolute atomic E-state index is 0.0243. The van der Waals surface area contributed by atoms with Gasteiger partial charge in [0.1, 0.15) is 6.61 Å². The second kappa shape index (κ2) is 8.90. The first-order chi connectivity index (χ1) is 13.4. The Bertz CT molecular complexity index is 1060. The first-order valence-electron chi connectivity index (χ1n) is 8.28. The Hall–Kier alpha value is -2.84. The highest BCUT2D eigenvalue weighted by molar-refractivity contribution is 9.10. The monoisotopic (exact) mass is 460 g/mol. The van der Waals surface area contributed by atoms with E-state index in [2.05, 4.69) is 26.0 Å². The molecule has 0 heterocycles. The van der Waals surface area contributed by atoms with E-state index in [-0.39, 0.29) is 11.5 Å². The molecule has 144 valence electrons. The summed E-state index contributed by atoms with van der Waals surface area (Å²) in [4.78, 5) is 12.0. The van der Waals surface area contributed by atoms with Crippen molar-refractivity contribution < 1.29 is 17.9 Å². The zero-order valence-corrected chi connectivity index (χ0v) is 17.0. The molecule has 0 aliphatic rings. The van der Waals surface area contributed by atoms with Crippen LogP contribution in [0.15, 0.2) is 88.2 Å². The molecule has 0 saturated heterocycles. The van der Waals surface area contributed by atoms with Crippen molar-refractivity contribution in [2.75, 3.05) is 10.0 Å². The summed E-state index contributed by atoms with van der Waals surface area (Å²) in [5, 5.41) is 2.54.